The van der Waals surface area contributed by atoms with E-state index < -0.39 is 15.9 Å². The highest BCUT2D eigenvalue weighted by molar-refractivity contribution is 7.89. The van der Waals surface area contributed by atoms with Crippen molar-refractivity contribution >= 4 is 56.4 Å². The van der Waals surface area contributed by atoms with Crippen LogP contribution in [0.1, 0.15) is 0 Å². The number of nitrogens with one attached hydrogen (secondary N) is 1. The van der Waals surface area contributed by atoms with Crippen molar-refractivity contribution in [1.29, 1.82) is 0 Å². The summed E-state index contributed by atoms with van der Waals surface area (Å²) >= 11 is 17.8. The van der Waals surface area contributed by atoms with E-state index in [0.29, 0.717) is 32.0 Å². The van der Waals surface area contributed by atoms with Gasteiger partial charge in [-0.3, -0.25) is 4.79 Å². The molecular formula is C18H17Cl3N2O5S. The van der Waals surface area contributed by atoms with Gasteiger partial charge in [0.25, 0.3) is 5.91 Å². The molecule has 0 saturated carbocycles. The first kappa shape index (κ1) is 22.1. The van der Waals surface area contributed by atoms with Crippen LogP contribution in [0.15, 0.2) is 41.3 Å². The number of hydrogen-bond donors (Lipinski definition) is 1. The number of benzene rings is 2. The minimum atomic E-state index is -3.59. The maximum absolute atomic E-state index is 12.6. The summed E-state index contributed by atoms with van der Waals surface area (Å²) in [5, 5.41) is 3.38. The molecule has 2 aromatic rings. The topological polar surface area (TPSA) is 84.9 Å². The first-order valence-electron chi connectivity index (χ1n) is 8.52. The van der Waals surface area contributed by atoms with Gasteiger partial charge in [-0.15, -0.1) is 0 Å². The summed E-state index contributed by atoms with van der Waals surface area (Å²) < 4.78 is 37.1. The number of morpholine rings is 1. The SMILES string of the molecule is O=C(COc1cc(Cl)c(Cl)cc1Cl)Nc1ccc(S(=O)(=O)N2CCOCC2)cc1. The number of carbonyl (C=O) groups is 1. The average Bonchev–Trinajstić information content (AvgIpc) is 2.71. The summed E-state index contributed by atoms with van der Waals surface area (Å²) in [6.07, 6.45) is 0. The van der Waals surface area contributed by atoms with E-state index in [1.165, 1.54) is 40.7 Å². The van der Waals surface area contributed by atoms with Crippen LogP contribution >= 0.6 is 34.8 Å². The van der Waals surface area contributed by atoms with Crippen molar-refractivity contribution in [3.63, 3.8) is 0 Å². The third kappa shape index (κ3) is 5.53. The highest BCUT2D eigenvalue weighted by Crippen LogP contribution is 2.33. The van der Waals surface area contributed by atoms with Crippen LogP contribution in [-0.2, 0) is 19.6 Å². The molecule has 1 saturated heterocycles. The van der Waals surface area contributed by atoms with E-state index >= 15 is 0 Å². The number of anilines is 1. The lowest BCUT2D eigenvalue weighted by Crippen LogP contribution is -2.40. The van der Waals surface area contributed by atoms with Crippen molar-refractivity contribution in [3.05, 3.63) is 51.5 Å². The third-order valence-corrected chi connectivity index (χ3v) is 7.01. The van der Waals surface area contributed by atoms with Gasteiger partial charge in [0, 0.05) is 24.8 Å². The molecule has 1 amide bonds. The molecular weight excluding hydrogens is 463 g/mol. The van der Waals surface area contributed by atoms with Crippen molar-refractivity contribution in [2.75, 3.05) is 38.2 Å². The quantitative estimate of drug-likeness (QED) is 0.639. The molecule has 29 heavy (non-hydrogen) atoms. The van der Waals surface area contributed by atoms with E-state index in [4.69, 9.17) is 44.3 Å². The van der Waals surface area contributed by atoms with Crippen LogP contribution in [0.2, 0.25) is 15.1 Å². The molecule has 1 aliphatic heterocycles. The Kier molecular flexibility index (Phi) is 7.26. The molecule has 7 nitrogen and oxygen atoms in total. The first-order chi connectivity index (χ1) is 13.8. The van der Waals surface area contributed by atoms with Crippen molar-refractivity contribution in [3.8, 4) is 5.75 Å². The van der Waals surface area contributed by atoms with Gasteiger partial charge in [-0.2, -0.15) is 4.31 Å². The van der Waals surface area contributed by atoms with E-state index in [1.807, 2.05) is 0 Å². The fourth-order valence-electron chi connectivity index (χ4n) is 2.60. The second kappa shape index (κ2) is 9.51. The van der Waals surface area contributed by atoms with E-state index in [-0.39, 0.29) is 32.3 Å². The summed E-state index contributed by atoms with van der Waals surface area (Å²) in [6.45, 7) is 1.06. The van der Waals surface area contributed by atoms with Crippen LogP contribution in [-0.4, -0.2) is 51.5 Å². The molecule has 11 heteroatoms. The summed E-state index contributed by atoms with van der Waals surface area (Å²) in [4.78, 5) is 12.2. The third-order valence-electron chi connectivity index (χ3n) is 4.08. The number of rotatable bonds is 6. The Bertz CT molecular complexity index is 993. The van der Waals surface area contributed by atoms with E-state index in [1.54, 1.807) is 0 Å². The van der Waals surface area contributed by atoms with Gasteiger partial charge >= 0.3 is 0 Å². The molecule has 2 aromatic carbocycles. The molecule has 0 spiro atoms. The molecule has 3 rings (SSSR count). The monoisotopic (exact) mass is 478 g/mol. The Balaban J connectivity index is 1.59. The van der Waals surface area contributed by atoms with Crippen molar-refractivity contribution in [2.24, 2.45) is 0 Å². The van der Waals surface area contributed by atoms with Gasteiger partial charge < -0.3 is 14.8 Å². The van der Waals surface area contributed by atoms with Gasteiger partial charge in [-0.05, 0) is 30.3 Å². The van der Waals surface area contributed by atoms with Crippen LogP contribution < -0.4 is 10.1 Å². The smallest absolute Gasteiger partial charge is 0.262 e. The Morgan fingerprint density at radius 2 is 1.66 bits per heavy atom. The standard InChI is InChI=1S/C18H17Cl3N2O5S/c19-14-9-16(21)17(10-15(14)20)28-11-18(24)22-12-1-3-13(4-2-12)29(25,26)23-5-7-27-8-6-23/h1-4,9-10H,5-8,11H2,(H,22,24). The van der Waals surface area contributed by atoms with Gasteiger partial charge in [-0.1, -0.05) is 34.8 Å². The molecule has 1 heterocycles. The van der Waals surface area contributed by atoms with Crippen LogP contribution in [0.5, 0.6) is 5.75 Å². The summed E-state index contributed by atoms with van der Waals surface area (Å²) in [5.74, 6) is -0.223. The van der Waals surface area contributed by atoms with Gasteiger partial charge in [0.05, 0.1) is 33.2 Å². The zero-order valence-corrected chi connectivity index (χ0v) is 18.1. The van der Waals surface area contributed by atoms with Crippen molar-refractivity contribution in [1.82, 2.24) is 4.31 Å². The number of sulfonamides is 1. The summed E-state index contributed by atoms with van der Waals surface area (Å²) in [6, 6.07) is 8.75. The molecule has 1 N–H and O–H groups in total. The highest BCUT2D eigenvalue weighted by Gasteiger charge is 2.26. The minimum absolute atomic E-state index is 0.149. The Labute approximate surface area is 183 Å². The normalized spacial score (nSPS) is 15.1. The Morgan fingerprint density at radius 1 is 1.03 bits per heavy atom. The summed E-state index contributed by atoms with van der Waals surface area (Å²) in [7, 11) is -3.59. The number of amides is 1. The van der Waals surface area contributed by atoms with Crippen LogP contribution in [0, 0.1) is 0 Å². The molecule has 1 aliphatic rings. The van der Waals surface area contributed by atoms with E-state index in [0.717, 1.165) is 0 Å². The zero-order chi connectivity index (χ0) is 21.0. The van der Waals surface area contributed by atoms with E-state index in [2.05, 4.69) is 5.32 Å². The number of carbonyl (C=O) groups excluding carboxylic acids is 1. The maximum atomic E-state index is 12.6. The van der Waals surface area contributed by atoms with Crippen molar-refractivity contribution < 1.29 is 22.7 Å². The molecule has 1 fully saturated rings. The molecule has 0 aromatic heterocycles. The average molecular weight is 480 g/mol. The van der Waals surface area contributed by atoms with Crippen molar-refractivity contribution in [2.45, 2.75) is 4.90 Å². The fraction of sp³-hybridized carbons (Fsp3) is 0.278. The van der Waals surface area contributed by atoms with Gasteiger partial charge in [-0.25, -0.2) is 8.42 Å². The lowest BCUT2D eigenvalue weighted by Gasteiger charge is -2.26. The van der Waals surface area contributed by atoms with Crippen LogP contribution in [0.3, 0.4) is 0 Å². The van der Waals surface area contributed by atoms with Gasteiger partial charge in [0.2, 0.25) is 10.0 Å². The minimum Gasteiger partial charge on any atom is -0.482 e. The Morgan fingerprint density at radius 3 is 2.31 bits per heavy atom. The molecule has 0 bridgehead atoms. The number of ether oxygens (including phenoxy) is 2. The second-order valence-corrected chi connectivity index (χ2v) is 9.23. The lowest BCUT2D eigenvalue weighted by molar-refractivity contribution is -0.118. The number of halogens is 3. The van der Waals surface area contributed by atoms with Crippen LogP contribution in [0.4, 0.5) is 5.69 Å². The second-order valence-electron chi connectivity index (χ2n) is 6.07. The predicted octanol–water partition coefficient (Wildman–Crippen LogP) is 3.69. The molecule has 156 valence electrons. The predicted molar refractivity (Wildman–Crippen MR) is 112 cm³/mol. The maximum Gasteiger partial charge on any atom is 0.262 e. The highest BCUT2D eigenvalue weighted by atomic mass is 35.5. The van der Waals surface area contributed by atoms with E-state index in [9.17, 15) is 13.2 Å². The van der Waals surface area contributed by atoms with Crippen LogP contribution in [0.25, 0.3) is 0 Å². The van der Waals surface area contributed by atoms with Gasteiger partial charge in [0.15, 0.2) is 6.61 Å². The molecule has 0 atom stereocenters. The number of hydrogen-bond acceptors (Lipinski definition) is 5. The Hall–Kier alpha value is -1.55. The van der Waals surface area contributed by atoms with Gasteiger partial charge in [0.1, 0.15) is 5.75 Å². The molecule has 0 aliphatic carbocycles. The fourth-order valence-corrected chi connectivity index (χ4v) is 4.60. The largest absolute Gasteiger partial charge is 0.482 e. The first-order valence-corrected chi connectivity index (χ1v) is 11.1. The number of nitrogens with zero attached hydrogens (tertiary/aromatic N) is 1. The zero-order valence-electron chi connectivity index (χ0n) is 15.0. The summed E-state index contributed by atoms with van der Waals surface area (Å²) in [5.41, 5.74) is 0.430. The lowest BCUT2D eigenvalue weighted by atomic mass is 10.3. The molecule has 0 radical (unpaired) electrons. The molecule has 0 unspecified atom stereocenters.